The Hall–Kier alpha value is -2.57. The molecule has 3 rings (SSSR count). The van der Waals surface area contributed by atoms with Crippen LogP contribution < -0.4 is 21.1 Å². The molecule has 142 valence electrons. The fraction of sp³-hybridized carbons (Fsp3) is 0.300. The molecule has 1 aliphatic rings. The Morgan fingerprint density at radius 1 is 1.26 bits per heavy atom. The number of rotatable bonds is 5. The smallest absolute Gasteiger partial charge is 0.255 e. The minimum atomic E-state index is -0.725. The number of amides is 2. The van der Waals surface area contributed by atoms with Crippen LogP contribution in [-0.2, 0) is 11.2 Å². The van der Waals surface area contributed by atoms with E-state index in [2.05, 4.69) is 10.6 Å². The molecule has 0 bridgehead atoms. The maximum absolute atomic E-state index is 12.9. The van der Waals surface area contributed by atoms with Crippen molar-refractivity contribution in [1.29, 1.82) is 0 Å². The van der Waals surface area contributed by atoms with Gasteiger partial charge in [0.15, 0.2) is 0 Å². The highest BCUT2D eigenvalue weighted by atomic mass is 35.5. The van der Waals surface area contributed by atoms with Crippen LogP contribution in [0.3, 0.4) is 0 Å². The number of hydrogen-bond acceptors (Lipinski definition) is 4. The third-order valence-corrected chi connectivity index (χ3v) is 4.84. The molecule has 6 nitrogen and oxygen atoms in total. The Kier molecular flexibility index (Phi) is 5.98. The highest BCUT2D eigenvalue weighted by Gasteiger charge is 2.26. The van der Waals surface area contributed by atoms with Crippen LogP contribution in [0.2, 0.25) is 5.02 Å². The number of likely N-dealkylation sites (N-methyl/N-ethyl adjacent to an activating group) is 1. The third kappa shape index (κ3) is 4.40. The molecule has 27 heavy (non-hydrogen) atoms. The van der Waals surface area contributed by atoms with Gasteiger partial charge in [-0.2, -0.15) is 0 Å². The number of benzene rings is 2. The highest BCUT2D eigenvalue weighted by molar-refractivity contribution is 6.30. The molecule has 0 aromatic heterocycles. The first-order valence-corrected chi connectivity index (χ1v) is 9.15. The maximum Gasteiger partial charge on any atom is 0.255 e. The number of nitrogens with two attached hydrogens (primary N) is 1. The molecule has 4 N–H and O–H groups in total. The Balaban J connectivity index is 1.82. The van der Waals surface area contributed by atoms with E-state index in [0.717, 1.165) is 11.1 Å². The van der Waals surface area contributed by atoms with Gasteiger partial charge in [0, 0.05) is 36.5 Å². The molecule has 0 fully saturated rings. The van der Waals surface area contributed by atoms with Gasteiger partial charge in [-0.15, -0.1) is 0 Å². The van der Waals surface area contributed by atoms with Gasteiger partial charge in [-0.3, -0.25) is 9.59 Å². The summed E-state index contributed by atoms with van der Waals surface area (Å²) in [5, 5.41) is 6.01. The van der Waals surface area contributed by atoms with Gasteiger partial charge in [-0.1, -0.05) is 35.9 Å². The number of fused-ring (bicyclic) bond motifs is 1. The number of hydrogen-bond donors (Lipinski definition) is 3. The number of nitrogens with one attached hydrogen (secondary N) is 2. The molecule has 0 spiro atoms. The van der Waals surface area contributed by atoms with E-state index in [-0.39, 0.29) is 17.9 Å². The van der Waals surface area contributed by atoms with Crippen molar-refractivity contribution in [3.05, 3.63) is 64.2 Å². The zero-order valence-electron chi connectivity index (χ0n) is 15.0. The molecule has 0 saturated carbocycles. The van der Waals surface area contributed by atoms with Crippen LogP contribution in [0.15, 0.2) is 42.5 Å². The van der Waals surface area contributed by atoms with Gasteiger partial charge in [0.1, 0.15) is 11.8 Å². The van der Waals surface area contributed by atoms with E-state index in [9.17, 15) is 9.59 Å². The van der Waals surface area contributed by atoms with Crippen molar-refractivity contribution in [3.8, 4) is 5.75 Å². The predicted molar refractivity (Wildman–Crippen MR) is 104 cm³/mol. The van der Waals surface area contributed by atoms with Gasteiger partial charge in [-0.05, 0) is 23.8 Å². The van der Waals surface area contributed by atoms with Crippen molar-refractivity contribution in [2.45, 2.75) is 24.9 Å². The summed E-state index contributed by atoms with van der Waals surface area (Å²) in [7, 11) is 1.54. The standard InChI is InChI=1S/C20H22ClN3O3/c1-23-20(26)17(11-12-5-7-13(21)8-6-12)24-19(25)15-4-2-3-14-16(22)9-10-27-18(14)15/h2-8,16-17H,9-11,22H2,1H3,(H,23,26)(H,24,25)/t16?,17-/m0/s1. The van der Waals surface area contributed by atoms with Gasteiger partial charge < -0.3 is 21.1 Å². The van der Waals surface area contributed by atoms with Crippen LogP contribution in [0.25, 0.3) is 0 Å². The molecule has 1 unspecified atom stereocenters. The Labute approximate surface area is 163 Å². The number of halogens is 1. The van der Waals surface area contributed by atoms with E-state index in [1.807, 2.05) is 18.2 Å². The maximum atomic E-state index is 12.9. The SMILES string of the molecule is CNC(=O)[C@H](Cc1ccc(Cl)cc1)NC(=O)c1cccc2c1OCCC2N. The zero-order valence-corrected chi connectivity index (χ0v) is 15.8. The quantitative estimate of drug-likeness (QED) is 0.733. The van der Waals surface area contributed by atoms with Gasteiger partial charge in [0.25, 0.3) is 5.91 Å². The molecule has 0 aliphatic carbocycles. The molecular weight excluding hydrogens is 366 g/mol. The van der Waals surface area contributed by atoms with E-state index in [1.54, 1.807) is 24.3 Å². The molecular formula is C20H22ClN3O3. The van der Waals surface area contributed by atoms with Crippen LogP contribution in [0.1, 0.15) is 33.9 Å². The summed E-state index contributed by atoms with van der Waals surface area (Å²) >= 11 is 5.91. The normalized spacial score (nSPS) is 16.6. The fourth-order valence-electron chi connectivity index (χ4n) is 3.11. The van der Waals surface area contributed by atoms with E-state index in [4.69, 9.17) is 22.1 Å². The zero-order chi connectivity index (χ0) is 19.4. The Morgan fingerprint density at radius 3 is 2.70 bits per heavy atom. The lowest BCUT2D eigenvalue weighted by Gasteiger charge is -2.25. The second-order valence-electron chi connectivity index (χ2n) is 6.44. The summed E-state index contributed by atoms with van der Waals surface area (Å²) in [6.45, 7) is 0.460. The van der Waals surface area contributed by atoms with Crippen molar-refractivity contribution < 1.29 is 14.3 Å². The molecule has 1 heterocycles. The minimum Gasteiger partial charge on any atom is -0.492 e. The molecule has 0 saturated heterocycles. The van der Waals surface area contributed by atoms with E-state index in [1.165, 1.54) is 7.05 Å². The number of para-hydroxylation sites is 1. The summed E-state index contributed by atoms with van der Waals surface area (Å²) < 4.78 is 5.69. The molecule has 2 aromatic rings. The topological polar surface area (TPSA) is 93.5 Å². The molecule has 2 aromatic carbocycles. The van der Waals surface area contributed by atoms with Crippen molar-refractivity contribution in [2.75, 3.05) is 13.7 Å². The highest BCUT2D eigenvalue weighted by Crippen LogP contribution is 2.33. The first-order chi connectivity index (χ1) is 13.0. The molecule has 0 radical (unpaired) electrons. The Morgan fingerprint density at radius 2 is 2.00 bits per heavy atom. The summed E-state index contributed by atoms with van der Waals surface area (Å²) in [6.07, 6.45) is 1.05. The minimum absolute atomic E-state index is 0.162. The lowest BCUT2D eigenvalue weighted by atomic mass is 9.97. The molecule has 1 aliphatic heterocycles. The van der Waals surface area contributed by atoms with Gasteiger partial charge in [-0.25, -0.2) is 0 Å². The first-order valence-electron chi connectivity index (χ1n) is 8.77. The van der Waals surface area contributed by atoms with Crippen molar-refractivity contribution >= 4 is 23.4 Å². The van der Waals surface area contributed by atoms with Crippen LogP contribution in [0.4, 0.5) is 0 Å². The van der Waals surface area contributed by atoms with E-state index >= 15 is 0 Å². The summed E-state index contributed by atoms with van der Waals surface area (Å²) in [5.41, 5.74) is 8.20. The van der Waals surface area contributed by atoms with Crippen LogP contribution in [-0.4, -0.2) is 31.5 Å². The Bertz CT molecular complexity index is 839. The lowest BCUT2D eigenvalue weighted by Crippen LogP contribution is -2.47. The first kappa shape index (κ1) is 19.2. The second-order valence-corrected chi connectivity index (χ2v) is 6.87. The number of carbonyl (C=O) groups is 2. The summed E-state index contributed by atoms with van der Waals surface area (Å²) in [5.74, 6) is -0.153. The van der Waals surface area contributed by atoms with Crippen molar-refractivity contribution in [1.82, 2.24) is 10.6 Å². The summed E-state index contributed by atoms with van der Waals surface area (Å²) in [6, 6.07) is 11.6. The van der Waals surface area contributed by atoms with Gasteiger partial charge in [0.2, 0.25) is 5.91 Å². The molecule has 2 amide bonds. The number of carbonyl (C=O) groups excluding carboxylic acids is 2. The van der Waals surface area contributed by atoms with Gasteiger partial charge >= 0.3 is 0 Å². The predicted octanol–water partition coefficient (Wildman–Crippen LogP) is 2.21. The monoisotopic (exact) mass is 387 g/mol. The van der Waals surface area contributed by atoms with Crippen LogP contribution in [0, 0.1) is 0 Å². The number of ether oxygens (including phenoxy) is 1. The van der Waals surface area contributed by atoms with E-state index < -0.39 is 6.04 Å². The van der Waals surface area contributed by atoms with E-state index in [0.29, 0.717) is 35.8 Å². The average Bonchev–Trinajstić information content (AvgIpc) is 2.68. The second kappa shape index (κ2) is 8.41. The van der Waals surface area contributed by atoms with Crippen molar-refractivity contribution in [2.24, 2.45) is 5.73 Å². The molecule has 7 heteroatoms. The lowest BCUT2D eigenvalue weighted by molar-refractivity contribution is -0.122. The summed E-state index contributed by atoms with van der Waals surface area (Å²) in [4.78, 5) is 25.2. The largest absolute Gasteiger partial charge is 0.492 e. The molecule has 2 atom stereocenters. The fourth-order valence-corrected chi connectivity index (χ4v) is 3.23. The average molecular weight is 388 g/mol. The van der Waals surface area contributed by atoms with Crippen LogP contribution >= 0.6 is 11.6 Å². The third-order valence-electron chi connectivity index (χ3n) is 4.59. The van der Waals surface area contributed by atoms with Gasteiger partial charge in [0.05, 0.1) is 12.2 Å². The van der Waals surface area contributed by atoms with Crippen LogP contribution in [0.5, 0.6) is 5.75 Å². The van der Waals surface area contributed by atoms with Crippen molar-refractivity contribution in [3.63, 3.8) is 0 Å².